The number of allylic oxidation sites excluding steroid dienone is 2. The van der Waals surface area contributed by atoms with E-state index in [0.717, 1.165) is 5.92 Å². The number of fused-ring (bicyclic) bond motifs is 1. The molecule has 0 heterocycles. The van der Waals surface area contributed by atoms with E-state index in [1.807, 2.05) is 0 Å². The van der Waals surface area contributed by atoms with Gasteiger partial charge in [0.1, 0.15) is 0 Å². The Morgan fingerprint density at radius 1 is 1.20 bits per heavy atom. The molecular formula is C15H20. The van der Waals surface area contributed by atoms with Crippen LogP contribution in [0.5, 0.6) is 0 Å². The highest BCUT2D eigenvalue weighted by Crippen LogP contribution is 2.35. The quantitative estimate of drug-likeness (QED) is 0.661. The maximum absolute atomic E-state index is 2.30. The minimum Gasteiger partial charge on any atom is -0.0692 e. The van der Waals surface area contributed by atoms with Crippen LogP contribution in [0.3, 0.4) is 0 Å². The molecule has 2 rings (SSSR count). The minimum absolute atomic E-state index is 0.769. The molecule has 0 nitrogen and oxygen atoms in total. The van der Waals surface area contributed by atoms with E-state index < -0.39 is 0 Å². The van der Waals surface area contributed by atoms with E-state index in [1.165, 1.54) is 30.4 Å². The molecule has 0 fully saturated rings. The monoisotopic (exact) mass is 200 g/mol. The Balaban J connectivity index is 2.34. The van der Waals surface area contributed by atoms with Gasteiger partial charge in [0.05, 0.1) is 0 Å². The molecule has 0 bridgehead atoms. The van der Waals surface area contributed by atoms with Gasteiger partial charge >= 0.3 is 0 Å². The molecule has 0 heteroatoms. The Kier molecular flexibility index (Phi) is 2.95. The van der Waals surface area contributed by atoms with Crippen LogP contribution in [0.1, 0.15) is 44.7 Å². The Hall–Kier alpha value is -1.04. The molecule has 0 spiro atoms. The predicted octanol–water partition coefficient (Wildman–Crippen LogP) is 4.45. The van der Waals surface area contributed by atoms with Crippen LogP contribution in [-0.2, 0) is 6.42 Å². The van der Waals surface area contributed by atoms with Crippen molar-refractivity contribution < 1.29 is 0 Å². The molecule has 0 aromatic heterocycles. The average Bonchev–Trinajstić information content (AvgIpc) is 2.59. The fourth-order valence-corrected chi connectivity index (χ4v) is 2.61. The van der Waals surface area contributed by atoms with E-state index in [-0.39, 0.29) is 0 Å². The Morgan fingerprint density at radius 3 is 2.67 bits per heavy atom. The molecule has 0 radical (unpaired) electrons. The SMILES string of the molecule is C/C(CC(C)C)=C1\CCc2ccccc21. The smallest absolute Gasteiger partial charge is 0.0193 e. The molecule has 0 amide bonds. The van der Waals surface area contributed by atoms with Gasteiger partial charge in [-0.2, -0.15) is 0 Å². The largest absolute Gasteiger partial charge is 0.0692 e. The zero-order valence-electron chi connectivity index (χ0n) is 10.0. The predicted molar refractivity (Wildman–Crippen MR) is 66.8 cm³/mol. The average molecular weight is 200 g/mol. The van der Waals surface area contributed by atoms with E-state index in [9.17, 15) is 0 Å². The van der Waals surface area contributed by atoms with Gasteiger partial charge in [-0.05, 0) is 48.8 Å². The normalized spacial score (nSPS) is 18.1. The maximum atomic E-state index is 2.30. The van der Waals surface area contributed by atoms with Crippen molar-refractivity contribution in [3.05, 3.63) is 41.0 Å². The van der Waals surface area contributed by atoms with E-state index in [4.69, 9.17) is 0 Å². The van der Waals surface area contributed by atoms with Crippen LogP contribution in [0.25, 0.3) is 5.57 Å². The zero-order valence-corrected chi connectivity index (χ0v) is 10.0. The lowest BCUT2D eigenvalue weighted by Gasteiger charge is -2.10. The highest BCUT2D eigenvalue weighted by Gasteiger charge is 2.17. The van der Waals surface area contributed by atoms with Crippen molar-refractivity contribution in [1.82, 2.24) is 0 Å². The van der Waals surface area contributed by atoms with Crippen molar-refractivity contribution in [1.29, 1.82) is 0 Å². The van der Waals surface area contributed by atoms with Crippen LogP contribution in [0.15, 0.2) is 29.8 Å². The first kappa shape index (κ1) is 10.5. The number of aryl methyl sites for hydroxylation is 1. The fraction of sp³-hybridized carbons (Fsp3) is 0.467. The summed E-state index contributed by atoms with van der Waals surface area (Å²) in [6.45, 7) is 6.90. The molecule has 15 heavy (non-hydrogen) atoms. The van der Waals surface area contributed by atoms with Crippen molar-refractivity contribution in [2.45, 2.75) is 40.0 Å². The van der Waals surface area contributed by atoms with Gasteiger partial charge in [0, 0.05) is 0 Å². The molecule has 0 aliphatic heterocycles. The summed E-state index contributed by atoms with van der Waals surface area (Å²) in [5.41, 5.74) is 6.25. The van der Waals surface area contributed by atoms with Crippen LogP contribution >= 0.6 is 0 Å². The van der Waals surface area contributed by atoms with Crippen LogP contribution in [0.4, 0.5) is 0 Å². The number of hydrogen-bond donors (Lipinski definition) is 0. The second-order valence-electron chi connectivity index (χ2n) is 5.01. The first-order chi connectivity index (χ1) is 7.18. The summed E-state index contributed by atoms with van der Waals surface area (Å²) in [6, 6.07) is 8.86. The van der Waals surface area contributed by atoms with E-state index in [0.29, 0.717) is 0 Å². The van der Waals surface area contributed by atoms with Gasteiger partial charge in [0.25, 0.3) is 0 Å². The molecule has 0 N–H and O–H groups in total. The summed E-state index contributed by atoms with van der Waals surface area (Å²) in [6.07, 6.45) is 3.72. The minimum atomic E-state index is 0.769. The van der Waals surface area contributed by atoms with Crippen molar-refractivity contribution in [3.63, 3.8) is 0 Å². The standard InChI is InChI=1S/C15H20/c1-11(2)10-12(3)14-9-8-13-6-4-5-7-15(13)14/h4-7,11H,8-10H2,1-3H3/b14-12-. The zero-order chi connectivity index (χ0) is 10.8. The van der Waals surface area contributed by atoms with Gasteiger partial charge in [-0.25, -0.2) is 0 Å². The van der Waals surface area contributed by atoms with Crippen LogP contribution in [-0.4, -0.2) is 0 Å². The third-order valence-corrected chi connectivity index (χ3v) is 3.22. The van der Waals surface area contributed by atoms with Gasteiger partial charge in [0.15, 0.2) is 0 Å². The summed E-state index contributed by atoms with van der Waals surface area (Å²) < 4.78 is 0. The topological polar surface area (TPSA) is 0 Å². The van der Waals surface area contributed by atoms with Crippen molar-refractivity contribution in [3.8, 4) is 0 Å². The first-order valence-corrected chi connectivity index (χ1v) is 5.95. The molecule has 0 saturated carbocycles. The van der Waals surface area contributed by atoms with Gasteiger partial charge < -0.3 is 0 Å². The second kappa shape index (κ2) is 4.22. The molecule has 80 valence electrons. The summed E-state index contributed by atoms with van der Waals surface area (Å²) in [5, 5.41) is 0. The van der Waals surface area contributed by atoms with E-state index in [1.54, 1.807) is 11.1 Å². The van der Waals surface area contributed by atoms with Crippen LogP contribution in [0.2, 0.25) is 0 Å². The lowest BCUT2D eigenvalue weighted by atomic mass is 9.96. The van der Waals surface area contributed by atoms with Crippen LogP contribution < -0.4 is 0 Å². The van der Waals surface area contributed by atoms with Gasteiger partial charge in [-0.15, -0.1) is 0 Å². The second-order valence-corrected chi connectivity index (χ2v) is 5.01. The van der Waals surface area contributed by atoms with Gasteiger partial charge in [-0.1, -0.05) is 43.7 Å². The third kappa shape index (κ3) is 2.14. The molecule has 0 unspecified atom stereocenters. The molecule has 1 aromatic carbocycles. The number of hydrogen-bond acceptors (Lipinski definition) is 0. The highest BCUT2D eigenvalue weighted by atomic mass is 14.2. The molecule has 1 aromatic rings. The fourth-order valence-electron chi connectivity index (χ4n) is 2.61. The summed E-state index contributed by atoms with van der Waals surface area (Å²) in [7, 11) is 0. The molecule has 0 atom stereocenters. The Bertz CT molecular complexity index is 383. The van der Waals surface area contributed by atoms with Crippen molar-refractivity contribution in [2.75, 3.05) is 0 Å². The van der Waals surface area contributed by atoms with Gasteiger partial charge in [0.2, 0.25) is 0 Å². The summed E-state index contributed by atoms with van der Waals surface area (Å²) in [5.74, 6) is 0.769. The maximum Gasteiger partial charge on any atom is -0.0193 e. The summed E-state index contributed by atoms with van der Waals surface area (Å²) in [4.78, 5) is 0. The Morgan fingerprint density at radius 2 is 1.93 bits per heavy atom. The molecule has 1 aliphatic rings. The lowest BCUT2D eigenvalue weighted by molar-refractivity contribution is 0.642. The van der Waals surface area contributed by atoms with E-state index in [2.05, 4.69) is 45.0 Å². The molecule has 0 saturated heterocycles. The van der Waals surface area contributed by atoms with E-state index >= 15 is 0 Å². The van der Waals surface area contributed by atoms with Crippen molar-refractivity contribution >= 4 is 5.57 Å². The molecular weight excluding hydrogens is 180 g/mol. The number of benzene rings is 1. The summed E-state index contributed by atoms with van der Waals surface area (Å²) >= 11 is 0. The van der Waals surface area contributed by atoms with Crippen LogP contribution in [0, 0.1) is 5.92 Å². The van der Waals surface area contributed by atoms with Gasteiger partial charge in [-0.3, -0.25) is 0 Å². The van der Waals surface area contributed by atoms with Crippen molar-refractivity contribution in [2.24, 2.45) is 5.92 Å². The highest BCUT2D eigenvalue weighted by molar-refractivity contribution is 5.74. The Labute approximate surface area is 93.0 Å². The third-order valence-electron chi connectivity index (χ3n) is 3.22. The molecule has 1 aliphatic carbocycles. The first-order valence-electron chi connectivity index (χ1n) is 5.95. The number of rotatable bonds is 2. The lowest BCUT2D eigenvalue weighted by Crippen LogP contribution is -1.91.